The smallest absolute Gasteiger partial charge is 0.0645 e. The standard InChI is InChI=1S/C14H17N3/c15-14(8-4-5-9-14)12-10-16-17(11-12)13-6-2-1-3-7-13/h1-3,6-7,10-11H,4-5,8-9,15H2. The number of hydrogen-bond acceptors (Lipinski definition) is 2. The van der Waals surface area contributed by atoms with Gasteiger partial charge in [-0.15, -0.1) is 0 Å². The first-order chi connectivity index (χ1) is 8.28. The van der Waals surface area contributed by atoms with Crippen molar-refractivity contribution >= 4 is 0 Å². The first-order valence-corrected chi connectivity index (χ1v) is 6.17. The molecule has 1 aromatic carbocycles. The molecule has 1 aliphatic rings. The maximum absolute atomic E-state index is 6.42. The molecular formula is C14H17N3. The predicted octanol–water partition coefficient (Wildman–Crippen LogP) is 2.60. The molecule has 1 heterocycles. The van der Waals surface area contributed by atoms with E-state index >= 15 is 0 Å². The lowest BCUT2D eigenvalue weighted by molar-refractivity contribution is 0.461. The van der Waals surface area contributed by atoms with Crippen LogP contribution in [-0.4, -0.2) is 9.78 Å². The summed E-state index contributed by atoms with van der Waals surface area (Å²) in [6.45, 7) is 0. The molecule has 1 aliphatic carbocycles. The van der Waals surface area contributed by atoms with Gasteiger partial charge in [0.2, 0.25) is 0 Å². The van der Waals surface area contributed by atoms with Gasteiger partial charge in [-0.2, -0.15) is 5.10 Å². The van der Waals surface area contributed by atoms with E-state index in [2.05, 4.69) is 23.4 Å². The van der Waals surface area contributed by atoms with Crippen LogP contribution < -0.4 is 5.73 Å². The third-order valence-electron chi connectivity index (χ3n) is 3.67. The van der Waals surface area contributed by atoms with Crippen LogP contribution in [0, 0.1) is 0 Å². The molecule has 3 heteroatoms. The van der Waals surface area contributed by atoms with Crippen LogP contribution in [0.5, 0.6) is 0 Å². The van der Waals surface area contributed by atoms with Crippen LogP contribution in [0.25, 0.3) is 5.69 Å². The summed E-state index contributed by atoms with van der Waals surface area (Å²) in [6.07, 6.45) is 8.60. The number of nitrogens with zero attached hydrogens (tertiary/aromatic N) is 2. The highest BCUT2D eigenvalue weighted by Gasteiger charge is 2.32. The first kappa shape index (κ1) is 10.5. The minimum atomic E-state index is -0.146. The molecule has 2 N–H and O–H groups in total. The van der Waals surface area contributed by atoms with E-state index < -0.39 is 0 Å². The third-order valence-corrected chi connectivity index (χ3v) is 3.67. The van der Waals surface area contributed by atoms with Gasteiger partial charge in [0.25, 0.3) is 0 Å². The van der Waals surface area contributed by atoms with Crippen molar-refractivity contribution in [3.63, 3.8) is 0 Å². The van der Waals surface area contributed by atoms with Crippen LogP contribution in [-0.2, 0) is 5.54 Å². The Hall–Kier alpha value is -1.61. The molecule has 0 aliphatic heterocycles. The molecule has 0 saturated heterocycles. The Morgan fingerprint density at radius 2 is 1.82 bits per heavy atom. The predicted molar refractivity (Wildman–Crippen MR) is 67.9 cm³/mol. The fraction of sp³-hybridized carbons (Fsp3) is 0.357. The van der Waals surface area contributed by atoms with Crippen molar-refractivity contribution in [1.29, 1.82) is 0 Å². The van der Waals surface area contributed by atoms with Crippen molar-refractivity contribution < 1.29 is 0 Å². The number of aromatic nitrogens is 2. The number of benzene rings is 1. The lowest BCUT2D eigenvalue weighted by Gasteiger charge is -2.21. The van der Waals surface area contributed by atoms with E-state index in [1.165, 1.54) is 18.4 Å². The number of para-hydroxylation sites is 1. The van der Waals surface area contributed by atoms with Gasteiger partial charge in [0, 0.05) is 17.3 Å². The molecule has 88 valence electrons. The summed E-state index contributed by atoms with van der Waals surface area (Å²) >= 11 is 0. The Morgan fingerprint density at radius 1 is 1.12 bits per heavy atom. The van der Waals surface area contributed by atoms with Gasteiger partial charge in [-0.3, -0.25) is 0 Å². The summed E-state index contributed by atoms with van der Waals surface area (Å²) in [5.41, 5.74) is 8.52. The van der Waals surface area contributed by atoms with Crippen molar-refractivity contribution in [3.05, 3.63) is 48.3 Å². The van der Waals surface area contributed by atoms with Gasteiger partial charge in [0.15, 0.2) is 0 Å². The molecule has 1 saturated carbocycles. The molecule has 17 heavy (non-hydrogen) atoms. The van der Waals surface area contributed by atoms with Crippen molar-refractivity contribution in [2.24, 2.45) is 5.73 Å². The van der Waals surface area contributed by atoms with Gasteiger partial charge < -0.3 is 5.73 Å². The minimum absolute atomic E-state index is 0.146. The van der Waals surface area contributed by atoms with E-state index in [0.717, 1.165) is 18.5 Å². The zero-order valence-electron chi connectivity index (χ0n) is 9.84. The highest BCUT2D eigenvalue weighted by atomic mass is 15.3. The summed E-state index contributed by atoms with van der Waals surface area (Å²) < 4.78 is 1.91. The van der Waals surface area contributed by atoms with Gasteiger partial charge in [-0.1, -0.05) is 31.0 Å². The monoisotopic (exact) mass is 227 g/mol. The Balaban J connectivity index is 1.93. The molecule has 1 aromatic heterocycles. The maximum atomic E-state index is 6.42. The summed E-state index contributed by atoms with van der Waals surface area (Å²) in [5.74, 6) is 0. The van der Waals surface area contributed by atoms with Gasteiger partial charge in [0.05, 0.1) is 11.9 Å². The second kappa shape index (κ2) is 4.00. The number of rotatable bonds is 2. The molecule has 0 bridgehead atoms. The highest BCUT2D eigenvalue weighted by molar-refractivity contribution is 5.32. The van der Waals surface area contributed by atoms with Crippen LogP contribution in [0.4, 0.5) is 0 Å². The van der Waals surface area contributed by atoms with E-state index in [9.17, 15) is 0 Å². The molecule has 0 spiro atoms. The molecule has 1 fully saturated rings. The largest absolute Gasteiger partial charge is 0.321 e. The summed E-state index contributed by atoms with van der Waals surface area (Å²) in [5, 5.41) is 4.41. The molecule has 3 rings (SSSR count). The van der Waals surface area contributed by atoms with Gasteiger partial charge in [0.1, 0.15) is 0 Å². The Morgan fingerprint density at radius 3 is 2.53 bits per heavy atom. The Kier molecular flexibility index (Phi) is 2.48. The van der Waals surface area contributed by atoms with Gasteiger partial charge >= 0.3 is 0 Å². The summed E-state index contributed by atoms with van der Waals surface area (Å²) in [4.78, 5) is 0. The fourth-order valence-electron chi connectivity index (χ4n) is 2.60. The normalized spacial score (nSPS) is 18.4. The lowest BCUT2D eigenvalue weighted by Crippen LogP contribution is -2.32. The Bertz CT molecular complexity index is 495. The molecule has 2 aromatic rings. The van der Waals surface area contributed by atoms with Crippen molar-refractivity contribution in [3.8, 4) is 5.69 Å². The van der Waals surface area contributed by atoms with Crippen molar-refractivity contribution in [1.82, 2.24) is 9.78 Å². The quantitative estimate of drug-likeness (QED) is 0.857. The van der Waals surface area contributed by atoms with Gasteiger partial charge in [-0.05, 0) is 25.0 Å². The van der Waals surface area contributed by atoms with Crippen LogP contribution in [0.1, 0.15) is 31.2 Å². The zero-order chi connectivity index (χ0) is 11.7. The molecule has 0 radical (unpaired) electrons. The average Bonchev–Trinajstić information content (AvgIpc) is 2.99. The highest BCUT2D eigenvalue weighted by Crippen LogP contribution is 2.36. The molecular weight excluding hydrogens is 210 g/mol. The van der Waals surface area contributed by atoms with Crippen molar-refractivity contribution in [2.45, 2.75) is 31.2 Å². The summed E-state index contributed by atoms with van der Waals surface area (Å²) in [6, 6.07) is 10.1. The second-order valence-corrected chi connectivity index (χ2v) is 4.87. The molecule has 3 nitrogen and oxygen atoms in total. The van der Waals surface area contributed by atoms with Crippen LogP contribution >= 0.6 is 0 Å². The van der Waals surface area contributed by atoms with E-state index in [-0.39, 0.29) is 5.54 Å². The lowest BCUT2D eigenvalue weighted by atomic mass is 9.92. The first-order valence-electron chi connectivity index (χ1n) is 6.17. The van der Waals surface area contributed by atoms with E-state index in [1.54, 1.807) is 0 Å². The molecule has 0 amide bonds. The SMILES string of the molecule is NC1(c2cnn(-c3ccccc3)c2)CCCC1. The minimum Gasteiger partial charge on any atom is -0.321 e. The summed E-state index contributed by atoms with van der Waals surface area (Å²) in [7, 11) is 0. The average molecular weight is 227 g/mol. The number of nitrogens with two attached hydrogens (primary N) is 1. The third kappa shape index (κ3) is 1.87. The van der Waals surface area contributed by atoms with Crippen LogP contribution in [0.2, 0.25) is 0 Å². The second-order valence-electron chi connectivity index (χ2n) is 4.87. The molecule has 0 atom stereocenters. The van der Waals surface area contributed by atoms with Gasteiger partial charge in [-0.25, -0.2) is 4.68 Å². The fourth-order valence-corrected chi connectivity index (χ4v) is 2.60. The maximum Gasteiger partial charge on any atom is 0.0645 e. The van der Waals surface area contributed by atoms with Crippen LogP contribution in [0.15, 0.2) is 42.7 Å². The van der Waals surface area contributed by atoms with E-state index in [1.807, 2.05) is 29.1 Å². The van der Waals surface area contributed by atoms with E-state index in [0.29, 0.717) is 0 Å². The Labute approximate surface area is 101 Å². The topological polar surface area (TPSA) is 43.8 Å². The number of hydrogen-bond donors (Lipinski definition) is 1. The van der Waals surface area contributed by atoms with Crippen LogP contribution in [0.3, 0.4) is 0 Å². The van der Waals surface area contributed by atoms with Crippen molar-refractivity contribution in [2.75, 3.05) is 0 Å². The zero-order valence-corrected chi connectivity index (χ0v) is 9.84. The molecule has 0 unspecified atom stereocenters. The van der Waals surface area contributed by atoms with E-state index in [4.69, 9.17) is 5.73 Å².